The Morgan fingerprint density at radius 3 is 2.25 bits per heavy atom. The lowest BCUT2D eigenvalue weighted by Crippen LogP contribution is -3.00. The highest BCUT2D eigenvalue weighted by Crippen LogP contribution is 2.31. The third-order valence-corrected chi connectivity index (χ3v) is 7.74. The number of likely N-dealkylation sites (N-methyl/N-ethyl adjacent to an activating group) is 1. The van der Waals surface area contributed by atoms with Gasteiger partial charge in [-0.15, -0.1) is 4.37 Å². The van der Waals surface area contributed by atoms with Gasteiger partial charge in [0.2, 0.25) is 6.23 Å². The summed E-state index contributed by atoms with van der Waals surface area (Å²) in [5.74, 6) is 0.587. The number of rotatable bonds is 19. The molecular weight excluding hydrogens is 585 g/mol. The van der Waals surface area contributed by atoms with Crippen LogP contribution in [0, 0.1) is 0 Å². The standard InChI is InChI=1S/C28H50N3O3S.HI/c1-5-7-9-11-12-13-14-15-16-20-26(32)34-24(3)31(4)21-18-19-25(23-31)27-28(30-35-29-27)33-22-17-10-8-6-2;/h19,24H,5-18,20-23H2,1-4H3;1H/q+1;/p-1. The van der Waals surface area contributed by atoms with E-state index in [1.165, 1.54) is 75.9 Å². The Kier molecular flexibility index (Phi) is 17.9. The van der Waals surface area contributed by atoms with Crippen LogP contribution < -0.4 is 28.7 Å². The van der Waals surface area contributed by atoms with Crippen molar-refractivity contribution in [3.8, 4) is 5.88 Å². The smallest absolute Gasteiger partial charge is 0.310 e. The van der Waals surface area contributed by atoms with Crippen molar-refractivity contribution in [1.82, 2.24) is 8.75 Å². The lowest BCUT2D eigenvalue weighted by atomic mass is 10.0. The zero-order valence-corrected chi connectivity index (χ0v) is 26.2. The van der Waals surface area contributed by atoms with E-state index in [2.05, 4.69) is 35.7 Å². The van der Waals surface area contributed by atoms with Crippen molar-refractivity contribution in [2.45, 2.75) is 123 Å². The zero-order valence-electron chi connectivity index (χ0n) is 23.2. The number of nitrogens with zero attached hydrogens (tertiary/aromatic N) is 3. The second-order valence-electron chi connectivity index (χ2n) is 10.4. The molecule has 1 aromatic rings. The Morgan fingerprint density at radius 1 is 0.972 bits per heavy atom. The van der Waals surface area contributed by atoms with E-state index >= 15 is 0 Å². The number of unbranched alkanes of at least 4 members (excludes halogenated alkanes) is 11. The summed E-state index contributed by atoms with van der Waals surface area (Å²) >= 11 is 1.21. The molecule has 2 heterocycles. The maximum atomic E-state index is 12.5. The van der Waals surface area contributed by atoms with Gasteiger partial charge in [0.15, 0.2) is 0 Å². The van der Waals surface area contributed by atoms with Crippen molar-refractivity contribution < 1.29 is 42.7 Å². The minimum atomic E-state index is -0.185. The molecule has 0 spiro atoms. The van der Waals surface area contributed by atoms with Crippen LogP contribution in [0.4, 0.5) is 0 Å². The van der Waals surface area contributed by atoms with Gasteiger partial charge < -0.3 is 33.5 Å². The van der Waals surface area contributed by atoms with Gasteiger partial charge in [-0.2, -0.15) is 4.37 Å². The lowest BCUT2D eigenvalue weighted by molar-refractivity contribution is -0.944. The molecule has 0 fully saturated rings. The van der Waals surface area contributed by atoms with Crippen LogP contribution in [0.3, 0.4) is 0 Å². The summed E-state index contributed by atoms with van der Waals surface area (Å²) in [7, 11) is 2.18. The van der Waals surface area contributed by atoms with Crippen molar-refractivity contribution in [3.63, 3.8) is 0 Å². The molecule has 6 nitrogen and oxygen atoms in total. The van der Waals surface area contributed by atoms with Crippen LogP contribution in [0.25, 0.3) is 5.57 Å². The molecule has 0 amide bonds. The van der Waals surface area contributed by atoms with Gasteiger partial charge in [0.25, 0.3) is 5.88 Å². The highest BCUT2D eigenvalue weighted by atomic mass is 127. The molecule has 2 unspecified atom stereocenters. The van der Waals surface area contributed by atoms with E-state index in [0.29, 0.717) is 23.4 Å². The third-order valence-electron chi connectivity index (χ3n) is 7.23. The highest BCUT2D eigenvalue weighted by Gasteiger charge is 2.36. The molecule has 2 rings (SSSR count). The van der Waals surface area contributed by atoms with E-state index in [1.807, 2.05) is 6.92 Å². The number of hydrogen-bond acceptors (Lipinski definition) is 6. The summed E-state index contributed by atoms with van der Waals surface area (Å²) in [6.07, 6.45) is 19.5. The summed E-state index contributed by atoms with van der Waals surface area (Å²) < 4.78 is 21.5. The average Bonchev–Trinajstić information content (AvgIpc) is 3.31. The van der Waals surface area contributed by atoms with E-state index < -0.39 is 0 Å². The largest absolute Gasteiger partial charge is 1.00 e. The van der Waals surface area contributed by atoms with E-state index in [4.69, 9.17) is 9.47 Å². The number of hydrogen-bond donors (Lipinski definition) is 0. The average molecular weight is 636 g/mol. The lowest BCUT2D eigenvalue weighted by Gasteiger charge is -2.41. The summed E-state index contributed by atoms with van der Waals surface area (Å²) in [6, 6.07) is 0. The molecule has 0 bridgehead atoms. The third kappa shape index (κ3) is 12.2. The molecule has 1 aromatic heterocycles. The summed E-state index contributed by atoms with van der Waals surface area (Å²) in [5.41, 5.74) is 2.01. The van der Waals surface area contributed by atoms with Crippen molar-refractivity contribution >= 4 is 23.3 Å². The Bertz CT molecular complexity index is 758. The first-order chi connectivity index (χ1) is 17.0. The monoisotopic (exact) mass is 635 g/mol. The predicted molar refractivity (Wildman–Crippen MR) is 145 cm³/mol. The minimum Gasteiger partial charge on any atom is -1.00 e. The molecule has 1 aliphatic heterocycles. The normalized spacial score (nSPS) is 18.3. The van der Waals surface area contributed by atoms with Gasteiger partial charge in [-0.25, -0.2) is 0 Å². The minimum absolute atomic E-state index is 0. The van der Waals surface area contributed by atoms with Crippen molar-refractivity contribution in [1.29, 1.82) is 0 Å². The van der Waals surface area contributed by atoms with E-state index in [9.17, 15) is 4.79 Å². The van der Waals surface area contributed by atoms with E-state index in [1.54, 1.807) is 0 Å². The first-order valence-electron chi connectivity index (χ1n) is 14.2. The predicted octanol–water partition coefficient (Wildman–Crippen LogP) is 4.55. The van der Waals surface area contributed by atoms with Crippen LogP contribution in [-0.4, -0.2) is 52.2 Å². The van der Waals surface area contributed by atoms with Gasteiger partial charge in [0, 0.05) is 25.3 Å². The van der Waals surface area contributed by atoms with Crippen LogP contribution in [0.1, 0.15) is 123 Å². The maximum absolute atomic E-state index is 12.5. The molecule has 0 aromatic carbocycles. The van der Waals surface area contributed by atoms with Crippen LogP contribution in [0.2, 0.25) is 0 Å². The number of quaternary nitrogens is 1. The number of carbonyl (C=O) groups excluding carboxylic acids is 1. The fraction of sp³-hybridized carbons (Fsp3) is 0.821. The Morgan fingerprint density at radius 2 is 1.58 bits per heavy atom. The zero-order chi connectivity index (χ0) is 25.4. The van der Waals surface area contributed by atoms with Gasteiger partial charge in [0.1, 0.15) is 12.2 Å². The number of aromatic nitrogens is 2. The summed E-state index contributed by atoms with van der Waals surface area (Å²) in [5, 5.41) is 0. The van der Waals surface area contributed by atoms with Gasteiger partial charge >= 0.3 is 5.97 Å². The topological polar surface area (TPSA) is 61.3 Å². The molecule has 8 heteroatoms. The molecule has 0 saturated carbocycles. The SMILES string of the molecule is CCCCCCCCCCCC(=O)OC(C)[N+]1(C)CCC=C(c2nsnc2OCCCCCC)C1.[I-]. The fourth-order valence-corrected chi connectivity index (χ4v) is 5.20. The van der Waals surface area contributed by atoms with Gasteiger partial charge in [-0.1, -0.05) is 90.6 Å². The number of esters is 1. The van der Waals surface area contributed by atoms with Crippen LogP contribution in [0.5, 0.6) is 5.88 Å². The molecule has 208 valence electrons. The summed E-state index contributed by atoms with van der Waals surface area (Å²) in [6.45, 7) is 8.89. The van der Waals surface area contributed by atoms with E-state index in [-0.39, 0.29) is 36.2 Å². The molecular formula is C28H50IN3O3S. The molecule has 1 aliphatic rings. The van der Waals surface area contributed by atoms with Gasteiger partial charge in [-0.3, -0.25) is 9.28 Å². The first kappa shape index (κ1) is 33.3. The van der Waals surface area contributed by atoms with Crippen molar-refractivity contribution in [3.05, 3.63) is 11.8 Å². The molecule has 36 heavy (non-hydrogen) atoms. The van der Waals surface area contributed by atoms with Crippen LogP contribution >= 0.6 is 11.7 Å². The second kappa shape index (κ2) is 19.3. The van der Waals surface area contributed by atoms with Gasteiger partial charge in [-0.05, 0) is 12.8 Å². The van der Waals surface area contributed by atoms with Crippen LogP contribution in [0.15, 0.2) is 6.08 Å². The summed E-state index contributed by atoms with van der Waals surface area (Å²) in [4.78, 5) is 12.5. The number of halogens is 1. The highest BCUT2D eigenvalue weighted by molar-refractivity contribution is 6.99. The van der Waals surface area contributed by atoms with Crippen molar-refractivity contribution in [2.24, 2.45) is 0 Å². The molecule has 0 saturated heterocycles. The number of ether oxygens (including phenoxy) is 2. The Labute approximate surface area is 241 Å². The molecule has 2 atom stereocenters. The molecule has 0 radical (unpaired) electrons. The number of carbonyl (C=O) groups is 1. The molecule has 0 N–H and O–H groups in total. The second-order valence-corrected chi connectivity index (χ2v) is 10.9. The van der Waals surface area contributed by atoms with E-state index in [0.717, 1.165) is 50.0 Å². The van der Waals surface area contributed by atoms with Crippen molar-refractivity contribution in [2.75, 3.05) is 26.7 Å². The maximum Gasteiger partial charge on any atom is 0.310 e. The Balaban J connectivity index is 0.00000648. The van der Waals surface area contributed by atoms with Gasteiger partial charge in [0.05, 0.1) is 31.9 Å². The fourth-order valence-electron chi connectivity index (χ4n) is 4.67. The van der Waals surface area contributed by atoms with Crippen LogP contribution in [-0.2, 0) is 9.53 Å². The first-order valence-corrected chi connectivity index (χ1v) is 14.9. The Hall–Kier alpha value is -0.740. The molecule has 0 aliphatic carbocycles. The quantitative estimate of drug-likeness (QED) is 0.0968.